The lowest BCUT2D eigenvalue weighted by atomic mass is 9.96. The number of piperidine rings is 1. The molecule has 2 rings (SSSR count). The summed E-state index contributed by atoms with van der Waals surface area (Å²) >= 11 is 0. The third kappa shape index (κ3) is 7.09. The molecule has 0 bridgehead atoms. The summed E-state index contributed by atoms with van der Waals surface area (Å²) < 4.78 is 5.34. The number of hydrogen-bond donors (Lipinski definition) is 3. The Hall–Kier alpha value is -2.77. The molecule has 3 N–H and O–H groups in total. The van der Waals surface area contributed by atoms with Crippen LogP contribution in [0.1, 0.15) is 44.7 Å². The summed E-state index contributed by atoms with van der Waals surface area (Å²) in [4.78, 5) is 37.7. The first-order valence-corrected chi connectivity index (χ1v) is 9.51. The Bertz CT molecular complexity index is 689. The Labute approximate surface area is 166 Å². The molecule has 8 heteroatoms. The van der Waals surface area contributed by atoms with Crippen LogP contribution in [0, 0.1) is 12.8 Å². The molecule has 0 radical (unpaired) electrons. The fourth-order valence-corrected chi connectivity index (χ4v) is 2.80. The van der Waals surface area contributed by atoms with E-state index < -0.39 is 11.6 Å². The predicted octanol–water partition coefficient (Wildman–Crippen LogP) is 2.47. The highest BCUT2D eigenvalue weighted by Gasteiger charge is 2.30. The van der Waals surface area contributed by atoms with Crippen molar-refractivity contribution < 1.29 is 19.1 Å². The van der Waals surface area contributed by atoms with Crippen LogP contribution in [0.4, 0.5) is 9.59 Å². The van der Waals surface area contributed by atoms with Crippen molar-refractivity contribution >= 4 is 18.0 Å². The average molecular weight is 390 g/mol. The number of benzene rings is 1. The van der Waals surface area contributed by atoms with Gasteiger partial charge in [-0.1, -0.05) is 29.8 Å². The molecular weight excluding hydrogens is 360 g/mol. The van der Waals surface area contributed by atoms with E-state index in [2.05, 4.69) is 16.2 Å². The Balaban J connectivity index is 1.67. The monoisotopic (exact) mass is 390 g/mol. The molecule has 1 aliphatic rings. The zero-order chi connectivity index (χ0) is 20.7. The number of nitrogens with zero attached hydrogens (tertiary/aromatic N) is 1. The number of carbonyl (C=O) groups excluding carboxylic acids is 3. The second kappa shape index (κ2) is 9.43. The molecule has 1 saturated heterocycles. The summed E-state index contributed by atoms with van der Waals surface area (Å²) in [6.45, 7) is 8.73. The summed E-state index contributed by atoms with van der Waals surface area (Å²) in [6.07, 6.45) is 0.690. The maximum atomic E-state index is 12.2. The van der Waals surface area contributed by atoms with Gasteiger partial charge in [0.15, 0.2) is 0 Å². The molecular formula is C20H30N4O4. The quantitative estimate of drug-likeness (QED) is 0.690. The van der Waals surface area contributed by atoms with Gasteiger partial charge in [0.25, 0.3) is 0 Å². The van der Waals surface area contributed by atoms with Gasteiger partial charge >= 0.3 is 12.1 Å². The van der Waals surface area contributed by atoms with Gasteiger partial charge in [-0.2, -0.15) is 0 Å². The van der Waals surface area contributed by atoms with Crippen molar-refractivity contribution in [1.29, 1.82) is 0 Å². The zero-order valence-electron chi connectivity index (χ0n) is 17.0. The lowest BCUT2D eigenvalue weighted by Gasteiger charge is -2.32. The second-order valence-corrected chi connectivity index (χ2v) is 8.02. The highest BCUT2D eigenvalue weighted by Crippen LogP contribution is 2.19. The minimum Gasteiger partial charge on any atom is -0.444 e. The molecule has 28 heavy (non-hydrogen) atoms. The van der Waals surface area contributed by atoms with Crippen molar-refractivity contribution in [3.63, 3.8) is 0 Å². The van der Waals surface area contributed by atoms with Crippen molar-refractivity contribution in [2.24, 2.45) is 5.92 Å². The number of urea groups is 1. The van der Waals surface area contributed by atoms with Crippen LogP contribution in [-0.4, -0.2) is 41.6 Å². The standard InChI is InChI=1S/C20H30N4O4/c1-14-5-7-15(8-6-14)13-21-18(26)23-22-17(25)16-9-11-24(12-10-16)19(27)28-20(2,3)4/h5-8,16H,9-13H2,1-4H3,(H,22,25)(H2,21,23,26). The number of ether oxygens (including phenoxy) is 1. The summed E-state index contributed by atoms with van der Waals surface area (Å²) in [5, 5.41) is 2.69. The average Bonchev–Trinajstić information content (AvgIpc) is 2.64. The maximum absolute atomic E-state index is 12.2. The first-order chi connectivity index (χ1) is 13.1. The van der Waals surface area contributed by atoms with Gasteiger partial charge in [-0.25, -0.2) is 15.0 Å². The molecule has 1 aliphatic heterocycles. The lowest BCUT2D eigenvalue weighted by Crippen LogP contribution is -2.51. The number of hydrazine groups is 1. The fraction of sp³-hybridized carbons (Fsp3) is 0.550. The van der Waals surface area contributed by atoms with Crippen LogP contribution >= 0.6 is 0 Å². The van der Waals surface area contributed by atoms with Crippen LogP contribution in [0.25, 0.3) is 0 Å². The molecule has 1 heterocycles. The van der Waals surface area contributed by atoms with Gasteiger partial charge in [-0.15, -0.1) is 0 Å². The maximum Gasteiger partial charge on any atom is 0.410 e. The molecule has 0 spiro atoms. The van der Waals surface area contributed by atoms with Crippen LogP contribution in [0.15, 0.2) is 24.3 Å². The van der Waals surface area contributed by atoms with Gasteiger partial charge in [-0.3, -0.25) is 10.2 Å². The predicted molar refractivity (Wildman–Crippen MR) is 105 cm³/mol. The number of hydrogen-bond acceptors (Lipinski definition) is 4. The summed E-state index contributed by atoms with van der Waals surface area (Å²) in [7, 11) is 0. The third-order valence-corrected chi connectivity index (χ3v) is 4.39. The van der Waals surface area contributed by atoms with E-state index in [9.17, 15) is 14.4 Å². The summed E-state index contributed by atoms with van der Waals surface area (Å²) in [5.74, 6) is -0.509. The van der Waals surface area contributed by atoms with Crippen LogP contribution in [0.3, 0.4) is 0 Å². The van der Waals surface area contributed by atoms with Gasteiger partial charge in [0, 0.05) is 25.6 Å². The van der Waals surface area contributed by atoms with Crippen molar-refractivity contribution in [2.75, 3.05) is 13.1 Å². The largest absolute Gasteiger partial charge is 0.444 e. The number of aryl methyl sites for hydroxylation is 1. The molecule has 8 nitrogen and oxygen atoms in total. The molecule has 0 atom stereocenters. The minimum atomic E-state index is -0.541. The Morgan fingerprint density at radius 3 is 2.25 bits per heavy atom. The van der Waals surface area contributed by atoms with Gasteiger partial charge < -0.3 is 15.0 Å². The van der Waals surface area contributed by atoms with E-state index in [4.69, 9.17) is 4.74 Å². The molecule has 1 aromatic carbocycles. The smallest absolute Gasteiger partial charge is 0.410 e. The van der Waals surface area contributed by atoms with Crippen molar-refractivity contribution in [3.8, 4) is 0 Å². The van der Waals surface area contributed by atoms with E-state index in [-0.39, 0.29) is 17.9 Å². The van der Waals surface area contributed by atoms with E-state index >= 15 is 0 Å². The zero-order valence-corrected chi connectivity index (χ0v) is 17.0. The molecule has 4 amide bonds. The van der Waals surface area contributed by atoms with Crippen LogP contribution in [-0.2, 0) is 16.1 Å². The van der Waals surface area contributed by atoms with Gasteiger partial charge in [0.2, 0.25) is 5.91 Å². The normalized spacial score (nSPS) is 14.9. The van der Waals surface area contributed by atoms with E-state index in [0.717, 1.165) is 11.1 Å². The first-order valence-electron chi connectivity index (χ1n) is 9.51. The number of likely N-dealkylation sites (tertiary alicyclic amines) is 1. The lowest BCUT2D eigenvalue weighted by molar-refractivity contribution is -0.127. The minimum absolute atomic E-state index is 0.254. The topological polar surface area (TPSA) is 99.8 Å². The highest BCUT2D eigenvalue weighted by molar-refractivity contribution is 5.82. The van der Waals surface area contributed by atoms with E-state index in [1.807, 2.05) is 52.0 Å². The Kier molecular flexibility index (Phi) is 7.25. The molecule has 0 aliphatic carbocycles. The first kappa shape index (κ1) is 21.5. The van der Waals surface area contributed by atoms with Crippen LogP contribution < -0.4 is 16.2 Å². The third-order valence-electron chi connectivity index (χ3n) is 4.39. The number of nitrogens with one attached hydrogen (secondary N) is 3. The Morgan fingerprint density at radius 2 is 1.68 bits per heavy atom. The Morgan fingerprint density at radius 1 is 1.07 bits per heavy atom. The van der Waals surface area contributed by atoms with Crippen molar-refractivity contribution in [1.82, 2.24) is 21.1 Å². The molecule has 0 unspecified atom stereocenters. The fourth-order valence-electron chi connectivity index (χ4n) is 2.80. The van der Waals surface area contributed by atoms with Gasteiger partial charge in [0.1, 0.15) is 5.60 Å². The van der Waals surface area contributed by atoms with Crippen LogP contribution in [0.2, 0.25) is 0 Å². The summed E-state index contributed by atoms with van der Waals surface area (Å²) in [5.41, 5.74) is 6.40. The second-order valence-electron chi connectivity index (χ2n) is 8.02. The summed E-state index contributed by atoms with van der Waals surface area (Å²) in [6, 6.07) is 7.35. The highest BCUT2D eigenvalue weighted by atomic mass is 16.6. The molecule has 1 fully saturated rings. The number of rotatable bonds is 3. The molecule has 1 aromatic rings. The molecule has 0 aromatic heterocycles. The SMILES string of the molecule is Cc1ccc(CNC(=O)NNC(=O)C2CCN(C(=O)OC(C)(C)C)CC2)cc1. The van der Waals surface area contributed by atoms with E-state index in [1.165, 1.54) is 0 Å². The molecule has 154 valence electrons. The number of carbonyl (C=O) groups is 3. The van der Waals surface area contributed by atoms with Crippen molar-refractivity contribution in [3.05, 3.63) is 35.4 Å². The van der Waals surface area contributed by atoms with Crippen molar-refractivity contribution in [2.45, 2.75) is 52.7 Å². The van der Waals surface area contributed by atoms with Crippen LogP contribution in [0.5, 0.6) is 0 Å². The van der Waals surface area contributed by atoms with E-state index in [1.54, 1.807) is 4.90 Å². The van der Waals surface area contributed by atoms with Gasteiger partial charge in [0.05, 0.1) is 0 Å². The van der Waals surface area contributed by atoms with E-state index in [0.29, 0.717) is 32.5 Å². The van der Waals surface area contributed by atoms with Gasteiger partial charge in [-0.05, 0) is 46.1 Å². The number of amides is 4. The molecule has 0 saturated carbocycles.